The molecule has 1 saturated heterocycles. The van der Waals surface area contributed by atoms with Crippen molar-refractivity contribution in [3.8, 4) is 0 Å². The van der Waals surface area contributed by atoms with Crippen molar-refractivity contribution in [3.63, 3.8) is 0 Å². The van der Waals surface area contributed by atoms with Gasteiger partial charge in [0.15, 0.2) is 12.4 Å². The van der Waals surface area contributed by atoms with E-state index in [0.29, 0.717) is 12.8 Å². The van der Waals surface area contributed by atoms with Crippen molar-refractivity contribution in [2.45, 2.75) is 288 Å². The van der Waals surface area contributed by atoms with Gasteiger partial charge in [-0.15, -0.1) is 0 Å². The van der Waals surface area contributed by atoms with Crippen LogP contribution in [0.15, 0.2) is 146 Å². The molecule has 0 aromatic heterocycles. The fraction of sp³-hybridized carbons (Fsp3) is 0.644. The summed E-state index contributed by atoms with van der Waals surface area (Å²) in [6.45, 7) is 5.49. The van der Waals surface area contributed by atoms with Gasteiger partial charge in [0.1, 0.15) is 24.4 Å². The van der Waals surface area contributed by atoms with Crippen molar-refractivity contribution in [2.75, 3.05) is 13.2 Å². The molecule has 0 radical (unpaired) electrons. The summed E-state index contributed by atoms with van der Waals surface area (Å²) in [5, 5.41) is 57.0. The Labute approximate surface area is 511 Å². The summed E-state index contributed by atoms with van der Waals surface area (Å²) < 4.78 is 17.6. The maximum absolute atomic E-state index is 13.4. The van der Waals surface area contributed by atoms with Crippen LogP contribution in [0.4, 0.5) is 0 Å². The lowest BCUT2D eigenvalue weighted by molar-refractivity contribution is -0.305. The number of carbonyl (C=O) groups is 2. The first kappa shape index (κ1) is 77.6. The third-order valence-electron chi connectivity index (χ3n) is 14.6. The second kappa shape index (κ2) is 58.9. The monoisotopic (exact) mass is 1170 g/mol. The van der Waals surface area contributed by atoms with Crippen LogP contribution in [0.5, 0.6) is 0 Å². The van der Waals surface area contributed by atoms with Crippen LogP contribution in [0.2, 0.25) is 0 Å². The van der Waals surface area contributed by atoms with Crippen molar-refractivity contribution < 1.29 is 49.3 Å². The maximum Gasteiger partial charge on any atom is 0.306 e. The summed E-state index contributed by atoms with van der Waals surface area (Å²) >= 11 is 0. The second-order valence-corrected chi connectivity index (χ2v) is 22.2. The quantitative estimate of drug-likeness (QED) is 0.0149. The minimum absolute atomic E-state index is 0.105. The lowest BCUT2D eigenvalue weighted by atomic mass is 9.99. The largest absolute Gasteiger partial charge is 0.454 e. The molecular formula is C73H119NO10. The highest BCUT2D eigenvalue weighted by molar-refractivity contribution is 5.80. The third kappa shape index (κ3) is 45.8. The van der Waals surface area contributed by atoms with Gasteiger partial charge >= 0.3 is 5.97 Å². The van der Waals surface area contributed by atoms with Crippen LogP contribution in [-0.2, 0) is 23.8 Å². The Morgan fingerprint density at radius 1 is 0.488 bits per heavy atom. The molecule has 84 heavy (non-hydrogen) atoms. The zero-order valence-electron chi connectivity index (χ0n) is 52.7. The van der Waals surface area contributed by atoms with Gasteiger partial charge in [-0.1, -0.05) is 289 Å². The van der Waals surface area contributed by atoms with E-state index in [4.69, 9.17) is 14.2 Å². The van der Waals surface area contributed by atoms with E-state index in [1.165, 1.54) is 83.5 Å². The van der Waals surface area contributed by atoms with E-state index < -0.39 is 67.4 Å². The van der Waals surface area contributed by atoms with Crippen LogP contribution >= 0.6 is 0 Å². The molecule has 0 aromatic carbocycles. The predicted octanol–water partition coefficient (Wildman–Crippen LogP) is 16.6. The Balaban J connectivity index is 2.62. The molecule has 0 bridgehead atoms. The topological polar surface area (TPSA) is 175 Å². The molecule has 11 nitrogen and oxygen atoms in total. The van der Waals surface area contributed by atoms with Gasteiger partial charge < -0.3 is 45.1 Å². The van der Waals surface area contributed by atoms with Crippen LogP contribution in [0.25, 0.3) is 0 Å². The highest BCUT2D eigenvalue weighted by Crippen LogP contribution is 2.26. The molecule has 0 aromatic rings. The molecule has 8 unspecified atom stereocenters. The summed E-state index contributed by atoms with van der Waals surface area (Å²) in [5.41, 5.74) is 0. The van der Waals surface area contributed by atoms with Gasteiger partial charge in [0.2, 0.25) is 5.91 Å². The highest BCUT2D eigenvalue weighted by Gasteiger charge is 2.47. The van der Waals surface area contributed by atoms with Crippen molar-refractivity contribution in [3.05, 3.63) is 146 Å². The number of hydrogen-bond donors (Lipinski definition) is 6. The summed E-state index contributed by atoms with van der Waals surface area (Å²) in [6, 6.07) is -1.06. The summed E-state index contributed by atoms with van der Waals surface area (Å²) in [7, 11) is 0. The highest BCUT2D eigenvalue weighted by atomic mass is 16.7. The third-order valence-corrected chi connectivity index (χ3v) is 14.6. The Bertz CT molecular complexity index is 1920. The van der Waals surface area contributed by atoms with Gasteiger partial charge in [0.05, 0.1) is 25.4 Å². The number of rotatable bonds is 54. The molecule has 0 aliphatic carbocycles. The number of allylic oxidation sites excluding steroid dienone is 23. The molecule has 6 N–H and O–H groups in total. The van der Waals surface area contributed by atoms with Crippen molar-refractivity contribution in [1.29, 1.82) is 0 Å². The number of amides is 1. The molecule has 476 valence electrons. The smallest absolute Gasteiger partial charge is 0.306 e. The lowest BCUT2D eigenvalue weighted by Crippen LogP contribution is -2.61. The molecule has 1 rings (SSSR count). The van der Waals surface area contributed by atoms with E-state index in [1.807, 2.05) is 72.9 Å². The molecule has 0 spiro atoms. The molecule has 11 heteroatoms. The van der Waals surface area contributed by atoms with Gasteiger partial charge in [-0.3, -0.25) is 9.59 Å². The number of nitrogens with one attached hydrogen (secondary N) is 1. The number of aliphatic hydroxyl groups excluding tert-OH is 5. The zero-order chi connectivity index (χ0) is 61.0. The molecule has 1 aliphatic rings. The predicted molar refractivity (Wildman–Crippen MR) is 351 cm³/mol. The Morgan fingerprint density at radius 3 is 1.43 bits per heavy atom. The van der Waals surface area contributed by atoms with Crippen LogP contribution in [0.1, 0.15) is 239 Å². The minimum Gasteiger partial charge on any atom is -0.454 e. The summed E-state index contributed by atoms with van der Waals surface area (Å²) in [5.74, 6) is -1.25. The molecule has 0 saturated carbocycles. The van der Waals surface area contributed by atoms with Gasteiger partial charge in [0, 0.05) is 6.42 Å². The van der Waals surface area contributed by atoms with Crippen LogP contribution in [0, 0.1) is 0 Å². The Morgan fingerprint density at radius 2 is 0.917 bits per heavy atom. The SMILES string of the molecule is CC\C=C/C=C/C=C/C=C\C=C\C=C\CCCCC(O)C(=O)NC(COC1OC(CO)C(O)C(O)C1OC(=O)CCCCCCCCCCCCC/C=C\C/C=C\C/C=C\C/C=C\C/C=C\CC)C(O)/C=C/CCCCCCCCCCCC. The van der Waals surface area contributed by atoms with Gasteiger partial charge in [0.25, 0.3) is 0 Å². The van der Waals surface area contributed by atoms with E-state index >= 15 is 0 Å². The normalized spacial score (nSPS) is 19.5. The summed E-state index contributed by atoms with van der Waals surface area (Å²) in [6.07, 6.45) is 74.6. The second-order valence-electron chi connectivity index (χ2n) is 22.2. The van der Waals surface area contributed by atoms with E-state index in [-0.39, 0.29) is 19.4 Å². The van der Waals surface area contributed by atoms with Crippen LogP contribution < -0.4 is 5.32 Å². The zero-order valence-corrected chi connectivity index (χ0v) is 52.7. The Hall–Kier alpha value is -4.46. The lowest BCUT2D eigenvalue weighted by Gasteiger charge is -2.41. The van der Waals surface area contributed by atoms with E-state index in [9.17, 15) is 35.1 Å². The van der Waals surface area contributed by atoms with Crippen LogP contribution in [-0.4, -0.2) is 99.6 Å². The molecule has 8 atom stereocenters. The van der Waals surface area contributed by atoms with Gasteiger partial charge in [-0.25, -0.2) is 0 Å². The van der Waals surface area contributed by atoms with Crippen molar-refractivity contribution in [1.82, 2.24) is 5.32 Å². The fourth-order valence-electron chi connectivity index (χ4n) is 9.47. The van der Waals surface area contributed by atoms with E-state index in [2.05, 4.69) is 92.9 Å². The van der Waals surface area contributed by atoms with E-state index in [1.54, 1.807) is 6.08 Å². The van der Waals surface area contributed by atoms with Gasteiger partial charge in [-0.2, -0.15) is 0 Å². The number of unbranched alkanes of at least 4 members (excludes halogenated alkanes) is 23. The maximum atomic E-state index is 13.4. The number of ether oxygens (including phenoxy) is 3. The van der Waals surface area contributed by atoms with Crippen LogP contribution in [0.3, 0.4) is 0 Å². The number of aliphatic hydroxyl groups is 5. The van der Waals surface area contributed by atoms with Crippen molar-refractivity contribution >= 4 is 11.9 Å². The fourth-order valence-corrected chi connectivity index (χ4v) is 9.47. The first-order valence-corrected chi connectivity index (χ1v) is 33.2. The van der Waals surface area contributed by atoms with E-state index in [0.717, 1.165) is 109 Å². The average molecular weight is 1170 g/mol. The minimum atomic E-state index is -1.63. The molecule has 1 fully saturated rings. The molecular weight excluding hydrogens is 1050 g/mol. The first-order chi connectivity index (χ1) is 41.2. The molecule has 1 aliphatic heterocycles. The molecule has 1 amide bonds. The molecule has 1 heterocycles. The van der Waals surface area contributed by atoms with Crippen molar-refractivity contribution in [2.24, 2.45) is 0 Å². The van der Waals surface area contributed by atoms with Gasteiger partial charge in [-0.05, 0) is 89.9 Å². The Kier molecular flexibility index (Phi) is 54.4. The number of esters is 1. The number of hydrogen-bond acceptors (Lipinski definition) is 10. The standard InChI is InChI=1S/C73H119NO10/c1-4-7-10-13-16-19-22-25-27-29-30-31-32-33-34-35-36-37-38-39-41-43-46-49-52-55-58-61-68(78)84-71-70(80)69(79)67(62-75)83-73(71)82-63-64(65(76)59-56-53-50-47-44-24-21-18-15-12-9-6-3)74-72(81)66(77)60-57-54-51-48-45-42-40-28-26-23-20-17-14-11-8-5-2/h7-8,10-11,14,16-17,19-20,23,25-28,30-31,33-34,40,42,45,48,56,59,64-67,69-71,73,75-77,79-80H,4-6,9,12-13,15,18,21-22,24,29,32,35-39,41,43-44,46-47,49-55,57-58,60-63H2,1-3H3,(H,74,81)/b10-7-,11-8-,17-14+,19-16-,23-20+,27-25-,28-26-,31-30-,34-33-,42-40+,48-45+,59-56+. The summed E-state index contributed by atoms with van der Waals surface area (Å²) in [4.78, 5) is 26.6. The first-order valence-electron chi connectivity index (χ1n) is 33.2. The average Bonchev–Trinajstić information content (AvgIpc) is 3.54. The number of carbonyl (C=O) groups excluding carboxylic acids is 2.